The largest absolute Gasteiger partial charge is 0.507 e. The number of phenols is 1. The van der Waals surface area contributed by atoms with Crippen LogP contribution in [0.1, 0.15) is 10.4 Å². The van der Waals surface area contributed by atoms with Crippen molar-refractivity contribution in [3.05, 3.63) is 59.7 Å². The number of phenolic OH excluding ortho intramolecular Hbond substituents is 1. The van der Waals surface area contributed by atoms with E-state index in [0.29, 0.717) is 6.07 Å². The van der Waals surface area contributed by atoms with Crippen LogP contribution in [0.2, 0.25) is 0 Å². The lowest BCUT2D eigenvalue weighted by molar-refractivity contribution is 0.0668. The van der Waals surface area contributed by atoms with E-state index in [9.17, 15) is 23.5 Å². The van der Waals surface area contributed by atoms with Gasteiger partial charge >= 0.3 is 6.03 Å². The Labute approximate surface area is 148 Å². The van der Waals surface area contributed by atoms with Crippen LogP contribution in [0.25, 0.3) is 0 Å². The summed E-state index contributed by atoms with van der Waals surface area (Å²) in [6.45, 7) is 1.08. The summed E-state index contributed by atoms with van der Waals surface area (Å²) in [6, 6.07) is 8.64. The number of benzene rings is 2. The lowest BCUT2D eigenvalue weighted by Crippen LogP contribution is -2.51. The number of rotatable bonds is 2. The molecular formula is C18H17F2N3O3. The first-order chi connectivity index (χ1) is 12.5. The predicted molar refractivity (Wildman–Crippen MR) is 91.0 cm³/mol. The molecule has 26 heavy (non-hydrogen) atoms. The quantitative estimate of drug-likeness (QED) is 0.864. The van der Waals surface area contributed by atoms with E-state index in [4.69, 9.17) is 0 Å². The molecule has 1 fully saturated rings. The average Bonchev–Trinajstić information content (AvgIpc) is 2.64. The Bertz CT molecular complexity index is 836. The van der Waals surface area contributed by atoms with Gasteiger partial charge in [0.2, 0.25) is 0 Å². The maximum atomic E-state index is 13.6. The molecule has 3 amide bonds. The highest BCUT2D eigenvalue weighted by atomic mass is 19.1. The molecule has 0 unspecified atom stereocenters. The van der Waals surface area contributed by atoms with Crippen LogP contribution in [0.3, 0.4) is 0 Å². The second-order valence-electron chi connectivity index (χ2n) is 5.85. The molecular weight excluding hydrogens is 344 g/mol. The lowest BCUT2D eigenvalue weighted by Gasteiger charge is -2.34. The normalized spacial score (nSPS) is 14.2. The molecule has 0 radical (unpaired) electrons. The van der Waals surface area contributed by atoms with Crippen LogP contribution in [-0.4, -0.2) is 53.0 Å². The molecule has 1 saturated heterocycles. The third kappa shape index (κ3) is 3.74. The summed E-state index contributed by atoms with van der Waals surface area (Å²) in [5.74, 6) is -1.99. The second kappa shape index (κ2) is 7.38. The van der Waals surface area contributed by atoms with Crippen LogP contribution < -0.4 is 5.32 Å². The number of nitrogens with zero attached hydrogens (tertiary/aromatic N) is 2. The molecule has 136 valence electrons. The molecule has 0 saturated carbocycles. The van der Waals surface area contributed by atoms with Crippen molar-refractivity contribution in [3.63, 3.8) is 0 Å². The molecule has 1 aliphatic rings. The van der Waals surface area contributed by atoms with E-state index >= 15 is 0 Å². The van der Waals surface area contributed by atoms with Crippen molar-refractivity contribution < 1.29 is 23.5 Å². The highest BCUT2D eigenvalue weighted by Gasteiger charge is 2.26. The van der Waals surface area contributed by atoms with E-state index in [1.54, 1.807) is 12.1 Å². The third-order valence-electron chi connectivity index (χ3n) is 4.16. The van der Waals surface area contributed by atoms with Gasteiger partial charge in [-0.2, -0.15) is 0 Å². The summed E-state index contributed by atoms with van der Waals surface area (Å²) in [5, 5.41) is 12.2. The summed E-state index contributed by atoms with van der Waals surface area (Å²) in [7, 11) is 0. The van der Waals surface area contributed by atoms with E-state index in [-0.39, 0.29) is 49.1 Å². The number of urea groups is 1. The van der Waals surface area contributed by atoms with Gasteiger partial charge in [0.1, 0.15) is 17.4 Å². The number of hydrogen-bond acceptors (Lipinski definition) is 3. The fourth-order valence-corrected chi connectivity index (χ4v) is 2.72. The van der Waals surface area contributed by atoms with E-state index in [1.807, 2.05) is 0 Å². The van der Waals surface area contributed by atoms with Gasteiger partial charge in [-0.1, -0.05) is 12.1 Å². The van der Waals surface area contributed by atoms with Gasteiger partial charge in [0.15, 0.2) is 0 Å². The van der Waals surface area contributed by atoms with Crippen LogP contribution in [0.5, 0.6) is 5.75 Å². The smallest absolute Gasteiger partial charge is 0.322 e. The number of carbonyl (C=O) groups excluding carboxylic acids is 2. The van der Waals surface area contributed by atoms with Crippen LogP contribution in [0, 0.1) is 11.6 Å². The number of anilines is 1. The maximum absolute atomic E-state index is 13.6. The molecule has 2 aromatic rings. The summed E-state index contributed by atoms with van der Waals surface area (Å²) in [5.41, 5.74) is 0.0999. The first kappa shape index (κ1) is 17.7. The number of amides is 3. The molecule has 3 rings (SSSR count). The van der Waals surface area contributed by atoms with Gasteiger partial charge in [0, 0.05) is 32.2 Å². The Kier molecular flexibility index (Phi) is 5.01. The first-order valence-corrected chi connectivity index (χ1v) is 8.04. The average molecular weight is 361 g/mol. The number of aromatic hydroxyl groups is 1. The third-order valence-corrected chi connectivity index (χ3v) is 4.16. The molecule has 0 bridgehead atoms. The van der Waals surface area contributed by atoms with E-state index in [2.05, 4.69) is 5.32 Å². The highest BCUT2D eigenvalue weighted by molar-refractivity contribution is 5.97. The zero-order chi connectivity index (χ0) is 18.7. The molecule has 2 aromatic carbocycles. The SMILES string of the molecule is O=C(Nc1ccc(F)cc1F)N1CCN(C(=O)c2ccccc2O)CC1. The van der Waals surface area contributed by atoms with Crippen molar-refractivity contribution in [2.75, 3.05) is 31.5 Å². The fraction of sp³-hybridized carbons (Fsp3) is 0.222. The lowest BCUT2D eigenvalue weighted by atomic mass is 10.1. The van der Waals surface area contributed by atoms with Gasteiger partial charge in [-0.05, 0) is 24.3 Å². The minimum atomic E-state index is -0.855. The van der Waals surface area contributed by atoms with Crippen molar-refractivity contribution in [1.82, 2.24) is 9.80 Å². The number of piperazine rings is 1. The number of halogens is 2. The summed E-state index contributed by atoms with van der Waals surface area (Å²) < 4.78 is 26.5. The molecule has 0 aromatic heterocycles. The van der Waals surface area contributed by atoms with Gasteiger partial charge in [0.25, 0.3) is 5.91 Å². The minimum Gasteiger partial charge on any atom is -0.507 e. The monoisotopic (exact) mass is 361 g/mol. The Morgan fingerprint density at radius 1 is 0.962 bits per heavy atom. The van der Waals surface area contributed by atoms with Crippen molar-refractivity contribution >= 4 is 17.6 Å². The number of carbonyl (C=O) groups is 2. The van der Waals surface area contributed by atoms with Crippen LogP contribution in [-0.2, 0) is 0 Å². The molecule has 6 nitrogen and oxygen atoms in total. The molecule has 2 N–H and O–H groups in total. The van der Waals surface area contributed by atoms with Crippen LogP contribution in [0.4, 0.5) is 19.3 Å². The molecule has 0 aliphatic carbocycles. The Hall–Kier alpha value is -3.16. The number of nitrogens with one attached hydrogen (secondary N) is 1. The van der Waals surface area contributed by atoms with Crippen molar-refractivity contribution in [1.29, 1.82) is 0 Å². The van der Waals surface area contributed by atoms with E-state index in [0.717, 1.165) is 12.1 Å². The van der Waals surface area contributed by atoms with E-state index in [1.165, 1.54) is 21.9 Å². The summed E-state index contributed by atoms with van der Waals surface area (Å²) >= 11 is 0. The molecule has 0 spiro atoms. The molecule has 0 atom stereocenters. The van der Waals surface area contributed by atoms with Crippen molar-refractivity contribution in [2.45, 2.75) is 0 Å². The fourth-order valence-electron chi connectivity index (χ4n) is 2.72. The van der Waals surface area contributed by atoms with Crippen LogP contribution >= 0.6 is 0 Å². The Morgan fingerprint density at radius 2 is 1.62 bits per heavy atom. The second-order valence-corrected chi connectivity index (χ2v) is 5.85. The van der Waals surface area contributed by atoms with Gasteiger partial charge in [-0.25, -0.2) is 13.6 Å². The van der Waals surface area contributed by atoms with Gasteiger partial charge in [-0.3, -0.25) is 4.79 Å². The van der Waals surface area contributed by atoms with E-state index < -0.39 is 17.7 Å². The molecule has 1 aliphatic heterocycles. The topological polar surface area (TPSA) is 72.9 Å². The first-order valence-electron chi connectivity index (χ1n) is 8.04. The number of para-hydroxylation sites is 1. The van der Waals surface area contributed by atoms with Gasteiger partial charge in [0.05, 0.1) is 11.3 Å². The predicted octanol–water partition coefficient (Wildman–Crippen LogP) is 2.66. The van der Waals surface area contributed by atoms with Gasteiger partial charge < -0.3 is 20.2 Å². The zero-order valence-electron chi connectivity index (χ0n) is 13.8. The van der Waals surface area contributed by atoms with Crippen LogP contribution in [0.15, 0.2) is 42.5 Å². The zero-order valence-corrected chi connectivity index (χ0v) is 13.8. The van der Waals surface area contributed by atoms with Gasteiger partial charge in [-0.15, -0.1) is 0 Å². The van der Waals surface area contributed by atoms with Crippen molar-refractivity contribution in [3.8, 4) is 5.75 Å². The molecule has 8 heteroatoms. The molecule has 1 heterocycles. The highest BCUT2D eigenvalue weighted by Crippen LogP contribution is 2.19. The maximum Gasteiger partial charge on any atom is 0.322 e. The summed E-state index contributed by atoms with van der Waals surface area (Å²) in [4.78, 5) is 27.6. The Morgan fingerprint density at radius 3 is 2.27 bits per heavy atom. The number of hydrogen-bond donors (Lipinski definition) is 2. The standard InChI is InChI=1S/C18H17F2N3O3/c19-12-5-6-15(14(20)11-12)21-18(26)23-9-7-22(8-10-23)17(25)13-3-1-2-4-16(13)24/h1-6,11,24H,7-10H2,(H,21,26). The Balaban J connectivity index is 1.59. The summed E-state index contributed by atoms with van der Waals surface area (Å²) in [6.07, 6.45) is 0. The minimum absolute atomic E-state index is 0.0931. The van der Waals surface area contributed by atoms with Crippen molar-refractivity contribution in [2.24, 2.45) is 0 Å².